The molecule has 0 saturated heterocycles. The minimum atomic E-state index is 0.347. The topological polar surface area (TPSA) is 93.6 Å². The van der Waals surface area contributed by atoms with Crippen molar-refractivity contribution in [2.24, 2.45) is 5.73 Å². The van der Waals surface area contributed by atoms with Crippen molar-refractivity contribution in [1.82, 2.24) is 15.2 Å². The van der Waals surface area contributed by atoms with Crippen LogP contribution in [0.25, 0.3) is 11.4 Å². The predicted octanol–water partition coefficient (Wildman–Crippen LogP) is 0.513. The van der Waals surface area contributed by atoms with Crippen molar-refractivity contribution in [1.29, 1.82) is 0 Å². The van der Waals surface area contributed by atoms with Crippen LogP contribution in [0.1, 0.15) is 5.82 Å². The maximum absolute atomic E-state index is 5.78. The average molecular weight is 189 g/mol. The molecule has 0 amide bonds. The molecule has 1 aromatic carbocycles. The number of nitrogens with zero attached hydrogens (tertiary/aromatic N) is 2. The molecule has 1 aromatic heterocycles. The number of anilines is 1. The van der Waals surface area contributed by atoms with Gasteiger partial charge in [0.15, 0.2) is 5.82 Å². The zero-order chi connectivity index (χ0) is 9.97. The number of rotatable bonds is 2. The van der Waals surface area contributed by atoms with E-state index in [1.54, 1.807) is 0 Å². The Morgan fingerprint density at radius 2 is 2.07 bits per heavy atom. The van der Waals surface area contributed by atoms with Crippen LogP contribution in [0.4, 0.5) is 5.69 Å². The molecule has 0 unspecified atom stereocenters. The van der Waals surface area contributed by atoms with Gasteiger partial charge >= 0.3 is 0 Å². The molecule has 1 heterocycles. The Morgan fingerprint density at radius 3 is 2.71 bits per heavy atom. The lowest BCUT2D eigenvalue weighted by atomic mass is 10.2. The highest BCUT2D eigenvalue weighted by Gasteiger charge is 2.06. The van der Waals surface area contributed by atoms with E-state index in [4.69, 9.17) is 11.5 Å². The molecule has 2 rings (SSSR count). The molecule has 0 radical (unpaired) electrons. The molecule has 72 valence electrons. The van der Waals surface area contributed by atoms with Crippen molar-refractivity contribution in [3.63, 3.8) is 0 Å². The highest BCUT2D eigenvalue weighted by molar-refractivity contribution is 5.70. The first-order chi connectivity index (χ1) is 6.81. The minimum absolute atomic E-state index is 0.347. The molecule has 0 saturated carbocycles. The largest absolute Gasteiger partial charge is 0.398 e. The van der Waals surface area contributed by atoms with Crippen LogP contribution in [0.5, 0.6) is 0 Å². The Hall–Kier alpha value is -1.88. The predicted molar refractivity (Wildman–Crippen MR) is 54.1 cm³/mol. The van der Waals surface area contributed by atoms with E-state index in [-0.39, 0.29) is 0 Å². The van der Waals surface area contributed by atoms with Gasteiger partial charge in [0, 0.05) is 11.3 Å². The number of aromatic nitrogens is 3. The van der Waals surface area contributed by atoms with Crippen molar-refractivity contribution in [3.05, 3.63) is 30.1 Å². The summed E-state index contributed by atoms with van der Waals surface area (Å²) in [6.07, 6.45) is 0. The van der Waals surface area contributed by atoms with Crippen LogP contribution in [0.3, 0.4) is 0 Å². The average Bonchev–Trinajstić information content (AvgIpc) is 2.67. The monoisotopic (exact) mass is 189 g/mol. The highest BCUT2D eigenvalue weighted by Crippen LogP contribution is 2.21. The molecular formula is C9H11N5. The lowest BCUT2D eigenvalue weighted by molar-refractivity contribution is 0.917. The van der Waals surface area contributed by atoms with Gasteiger partial charge in [-0.05, 0) is 12.1 Å². The third-order valence-electron chi connectivity index (χ3n) is 1.93. The Balaban J connectivity index is 2.44. The zero-order valence-electron chi connectivity index (χ0n) is 7.57. The summed E-state index contributed by atoms with van der Waals surface area (Å²) in [5.74, 6) is 1.24. The molecule has 5 N–H and O–H groups in total. The maximum Gasteiger partial charge on any atom is 0.183 e. The van der Waals surface area contributed by atoms with Crippen LogP contribution in [0, 0.1) is 0 Å². The third kappa shape index (κ3) is 1.45. The molecule has 0 atom stereocenters. The molecule has 0 aliphatic rings. The van der Waals surface area contributed by atoms with Gasteiger partial charge < -0.3 is 11.5 Å². The highest BCUT2D eigenvalue weighted by atomic mass is 15.2. The first-order valence-electron chi connectivity index (χ1n) is 4.27. The molecule has 2 aromatic rings. The normalized spacial score (nSPS) is 10.4. The second-order valence-electron chi connectivity index (χ2n) is 2.90. The fourth-order valence-corrected chi connectivity index (χ4v) is 1.21. The molecule has 0 bridgehead atoms. The summed E-state index contributed by atoms with van der Waals surface area (Å²) >= 11 is 0. The number of aromatic amines is 1. The number of hydrogen-bond donors (Lipinski definition) is 3. The molecular weight excluding hydrogens is 178 g/mol. The van der Waals surface area contributed by atoms with Crippen LogP contribution < -0.4 is 11.5 Å². The van der Waals surface area contributed by atoms with E-state index in [2.05, 4.69) is 15.2 Å². The Morgan fingerprint density at radius 1 is 1.29 bits per heavy atom. The quantitative estimate of drug-likeness (QED) is 0.600. The number of benzene rings is 1. The van der Waals surface area contributed by atoms with E-state index in [1.807, 2.05) is 24.3 Å². The molecule has 0 fully saturated rings. The fraction of sp³-hybridized carbons (Fsp3) is 0.111. The number of para-hydroxylation sites is 1. The van der Waals surface area contributed by atoms with Crippen molar-refractivity contribution >= 4 is 5.69 Å². The number of H-pyrrole nitrogens is 1. The molecule has 0 aliphatic carbocycles. The van der Waals surface area contributed by atoms with Crippen LogP contribution in [-0.4, -0.2) is 15.2 Å². The van der Waals surface area contributed by atoms with Gasteiger partial charge in [0.05, 0.1) is 6.54 Å². The van der Waals surface area contributed by atoms with E-state index >= 15 is 0 Å². The number of hydrogen-bond acceptors (Lipinski definition) is 4. The van der Waals surface area contributed by atoms with Gasteiger partial charge in [-0.15, -0.1) is 0 Å². The summed E-state index contributed by atoms with van der Waals surface area (Å²) in [6, 6.07) is 7.45. The SMILES string of the molecule is NCc1nc(-c2ccccc2N)n[nH]1. The lowest BCUT2D eigenvalue weighted by Gasteiger charge is -1.98. The minimum Gasteiger partial charge on any atom is -0.398 e. The van der Waals surface area contributed by atoms with E-state index in [0.717, 1.165) is 5.56 Å². The van der Waals surface area contributed by atoms with E-state index in [1.165, 1.54) is 0 Å². The van der Waals surface area contributed by atoms with E-state index < -0.39 is 0 Å². The number of nitrogens with one attached hydrogen (secondary N) is 1. The third-order valence-corrected chi connectivity index (χ3v) is 1.93. The van der Waals surface area contributed by atoms with Crippen molar-refractivity contribution in [3.8, 4) is 11.4 Å². The Labute approximate surface area is 81.2 Å². The fourth-order valence-electron chi connectivity index (χ4n) is 1.21. The van der Waals surface area contributed by atoms with Crippen molar-refractivity contribution < 1.29 is 0 Å². The number of nitrogens with two attached hydrogens (primary N) is 2. The zero-order valence-corrected chi connectivity index (χ0v) is 7.57. The maximum atomic E-state index is 5.78. The molecule has 14 heavy (non-hydrogen) atoms. The Bertz CT molecular complexity index is 434. The van der Waals surface area contributed by atoms with Crippen LogP contribution in [-0.2, 0) is 6.54 Å². The van der Waals surface area contributed by atoms with E-state index in [9.17, 15) is 0 Å². The lowest BCUT2D eigenvalue weighted by Crippen LogP contribution is -1.98. The molecule has 0 spiro atoms. The summed E-state index contributed by atoms with van der Waals surface area (Å²) in [5, 5.41) is 6.76. The van der Waals surface area contributed by atoms with E-state index in [0.29, 0.717) is 23.9 Å². The molecule has 0 aliphatic heterocycles. The first-order valence-corrected chi connectivity index (χ1v) is 4.27. The van der Waals surface area contributed by atoms with Gasteiger partial charge in [0.1, 0.15) is 5.82 Å². The van der Waals surface area contributed by atoms with Gasteiger partial charge in [-0.25, -0.2) is 4.98 Å². The van der Waals surface area contributed by atoms with Crippen LogP contribution >= 0.6 is 0 Å². The molecule has 5 heteroatoms. The van der Waals surface area contributed by atoms with Crippen LogP contribution in [0.15, 0.2) is 24.3 Å². The van der Waals surface area contributed by atoms with Gasteiger partial charge in [0.25, 0.3) is 0 Å². The van der Waals surface area contributed by atoms with Crippen molar-refractivity contribution in [2.75, 3.05) is 5.73 Å². The summed E-state index contributed by atoms with van der Waals surface area (Å²) in [6.45, 7) is 0.347. The second-order valence-corrected chi connectivity index (χ2v) is 2.90. The summed E-state index contributed by atoms with van der Waals surface area (Å²) in [4.78, 5) is 4.19. The van der Waals surface area contributed by atoms with Gasteiger partial charge in [-0.3, -0.25) is 5.10 Å². The van der Waals surface area contributed by atoms with Gasteiger partial charge in [-0.1, -0.05) is 12.1 Å². The van der Waals surface area contributed by atoms with Gasteiger partial charge in [0.2, 0.25) is 0 Å². The summed E-state index contributed by atoms with van der Waals surface area (Å²) in [5.41, 5.74) is 12.7. The van der Waals surface area contributed by atoms with Crippen LogP contribution in [0.2, 0.25) is 0 Å². The second kappa shape index (κ2) is 3.47. The smallest absolute Gasteiger partial charge is 0.183 e. The van der Waals surface area contributed by atoms with Crippen molar-refractivity contribution in [2.45, 2.75) is 6.54 Å². The van der Waals surface area contributed by atoms with Gasteiger partial charge in [-0.2, -0.15) is 5.10 Å². The Kier molecular flexibility index (Phi) is 2.16. The standard InChI is InChI=1S/C9H11N5/c10-5-8-12-9(14-13-8)6-3-1-2-4-7(6)11/h1-4H,5,10-11H2,(H,12,13,14). The first kappa shape index (κ1) is 8.71. The summed E-state index contributed by atoms with van der Waals surface area (Å²) in [7, 11) is 0. The summed E-state index contributed by atoms with van der Waals surface area (Å²) < 4.78 is 0. The number of nitrogen functional groups attached to an aromatic ring is 1. The molecule has 5 nitrogen and oxygen atoms in total.